The molecule has 7 heteroatoms. The molecule has 1 aliphatic rings. The summed E-state index contributed by atoms with van der Waals surface area (Å²) in [6.45, 7) is 2.29. The van der Waals surface area contributed by atoms with Crippen molar-refractivity contribution in [3.05, 3.63) is 82.3 Å². The van der Waals surface area contributed by atoms with Crippen molar-refractivity contribution in [2.45, 2.75) is 13.5 Å². The molecule has 6 nitrogen and oxygen atoms in total. The topological polar surface area (TPSA) is 86.7 Å². The zero-order valence-electron chi connectivity index (χ0n) is 16.7. The van der Waals surface area contributed by atoms with Gasteiger partial charge in [0.15, 0.2) is 0 Å². The Kier molecular flexibility index (Phi) is 5.77. The van der Waals surface area contributed by atoms with Crippen molar-refractivity contribution in [3.63, 3.8) is 0 Å². The van der Waals surface area contributed by atoms with Gasteiger partial charge in [0.05, 0.1) is 10.9 Å². The number of aromatic carboxylic acids is 1. The van der Waals surface area contributed by atoms with E-state index < -0.39 is 5.97 Å². The van der Waals surface area contributed by atoms with Crippen molar-refractivity contribution in [2.75, 3.05) is 6.54 Å². The van der Waals surface area contributed by atoms with E-state index in [9.17, 15) is 19.5 Å². The number of carbonyl (C=O) groups excluding carboxylic acids is 3. The SMILES string of the molecule is CCN1C(=O)S/C(=C/c2c(OCc3ccc(C(=O)[O-])cc3)ccc3ccccc23)C1=O. The maximum atomic E-state index is 12.6. The largest absolute Gasteiger partial charge is 0.545 e. The molecule has 3 aromatic carbocycles. The highest BCUT2D eigenvalue weighted by Gasteiger charge is 2.34. The summed E-state index contributed by atoms with van der Waals surface area (Å²) in [4.78, 5) is 37.2. The predicted octanol–water partition coefficient (Wildman–Crippen LogP) is 3.84. The van der Waals surface area contributed by atoms with E-state index in [-0.39, 0.29) is 23.3 Å². The molecule has 4 rings (SSSR count). The van der Waals surface area contributed by atoms with E-state index in [0.717, 1.165) is 28.1 Å². The highest BCUT2D eigenvalue weighted by atomic mass is 32.2. The molecule has 1 saturated heterocycles. The van der Waals surface area contributed by atoms with Crippen molar-refractivity contribution in [1.29, 1.82) is 0 Å². The lowest BCUT2D eigenvalue weighted by Crippen LogP contribution is -2.27. The number of ether oxygens (including phenoxy) is 1. The summed E-state index contributed by atoms with van der Waals surface area (Å²) in [6, 6.07) is 17.8. The number of rotatable bonds is 6. The highest BCUT2D eigenvalue weighted by molar-refractivity contribution is 8.18. The maximum absolute atomic E-state index is 12.6. The van der Waals surface area contributed by atoms with Gasteiger partial charge < -0.3 is 14.6 Å². The van der Waals surface area contributed by atoms with Crippen LogP contribution in [0.3, 0.4) is 0 Å². The Morgan fingerprint density at radius 2 is 1.81 bits per heavy atom. The second kappa shape index (κ2) is 8.65. The number of fused-ring (bicyclic) bond motifs is 1. The first-order chi connectivity index (χ1) is 15.0. The quantitative estimate of drug-likeness (QED) is 0.550. The van der Waals surface area contributed by atoms with Crippen LogP contribution in [0.15, 0.2) is 65.6 Å². The van der Waals surface area contributed by atoms with Crippen LogP contribution in [-0.4, -0.2) is 28.6 Å². The Morgan fingerprint density at radius 3 is 2.48 bits per heavy atom. The van der Waals surface area contributed by atoms with Gasteiger partial charge in [-0.05, 0) is 52.7 Å². The smallest absolute Gasteiger partial charge is 0.293 e. The number of imide groups is 1. The van der Waals surface area contributed by atoms with E-state index in [1.54, 1.807) is 25.1 Å². The van der Waals surface area contributed by atoms with Crippen LogP contribution < -0.4 is 9.84 Å². The Hall–Kier alpha value is -3.58. The van der Waals surface area contributed by atoms with Gasteiger partial charge >= 0.3 is 0 Å². The van der Waals surface area contributed by atoms with Gasteiger partial charge in [-0.1, -0.05) is 54.6 Å². The summed E-state index contributed by atoms with van der Waals surface area (Å²) in [5, 5.41) is 12.5. The first kappa shape index (κ1) is 20.7. The van der Waals surface area contributed by atoms with Crippen LogP contribution in [0.5, 0.6) is 5.75 Å². The normalized spacial score (nSPS) is 15.1. The van der Waals surface area contributed by atoms with Gasteiger partial charge in [-0.15, -0.1) is 0 Å². The van der Waals surface area contributed by atoms with E-state index in [0.29, 0.717) is 22.8 Å². The summed E-state index contributed by atoms with van der Waals surface area (Å²) < 4.78 is 6.03. The molecule has 0 aromatic heterocycles. The molecule has 0 unspecified atom stereocenters. The third kappa shape index (κ3) is 4.18. The number of thioether (sulfide) groups is 1. The van der Waals surface area contributed by atoms with Gasteiger partial charge in [-0.25, -0.2) is 0 Å². The lowest BCUT2D eigenvalue weighted by atomic mass is 10.0. The minimum atomic E-state index is -1.23. The second-order valence-electron chi connectivity index (χ2n) is 6.90. The summed E-state index contributed by atoms with van der Waals surface area (Å²) >= 11 is 0.919. The van der Waals surface area contributed by atoms with Crippen LogP contribution >= 0.6 is 11.8 Å². The fraction of sp³-hybridized carbons (Fsp3) is 0.125. The predicted molar refractivity (Wildman–Crippen MR) is 117 cm³/mol. The van der Waals surface area contributed by atoms with Crippen LogP contribution in [0.2, 0.25) is 0 Å². The molecule has 0 spiro atoms. The van der Waals surface area contributed by atoms with E-state index in [2.05, 4.69) is 0 Å². The van der Waals surface area contributed by atoms with E-state index in [1.807, 2.05) is 36.4 Å². The number of carboxylic acids is 1. The lowest BCUT2D eigenvalue weighted by Gasteiger charge is -2.13. The Labute approximate surface area is 183 Å². The van der Waals surface area contributed by atoms with Crippen molar-refractivity contribution in [1.82, 2.24) is 4.90 Å². The van der Waals surface area contributed by atoms with Gasteiger partial charge in [0, 0.05) is 12.1 Å². The van der Waals surface area contributed by atoms with Gasteiger partial charge in [0.25, 0.3) is 11.1 Å². The molecule has 0 aliphatic carbocycles. The highest BCUT2D eigenvalue weighted by Crippen LogP contribution is 2.36. The van der Waals surface area contributed by atoms with E-state index >= 15 is 0 Å². The van der Waals surface area contributed by atoms with Gasteiger partial charge in [-0.2, -0.15) is 0 Å². The molecule has 1 fully saturated rings. The average Bonchev–Trinajstić information content (AvgIpc) is 3.05. The van der Waals surface area contributed by atoms with Crippen molar-refractivity contribution < 1.29 is 24.2 Å². The minimum absolute atomic E-state index is 0.0989. The molecule has 0 N–H and O–H groups in total. The zero-order valence-corrected chi connectivity index (χ0v) is 17.5. The monoisotopic (exact) mass is 432 g/mol. The van der Waals surface area contributed by atoms with Crippen molar-refractivity contribution >= 4 is 45.7 Å². The second-order valence-corrected chi connectivity index (χ2v) is 7.89. The molecule has 0 atom stereocenters. The van der Waals surface area contributed by atoms with Crippen LogP contribution in [0.4, 0.5) is 4.79 Å². The summed E-state index contributed by atoms with van der Waals surface area (Å²) in [7, 11) is 0. The van der Waals surface area contributed by atoms with E-state index in [1.165, 1.54) is 17.0 Å². The Balaban J connectivity index is 1.69. The van der Waals surface area contributed by atoms with Gasteiger partial charge in [-0.3, -0.25) is 14.5 Å². The molecule has 1 aliphatic heterocycles. The van der Waals surface area contributed by atoms with Crippen LogP contribution in [0.1, 0.15) is 28.4 Å². The fourth-order valence-corrected chi connectivity index (χ4v) is 4.24. The molecule has 31 heavy (non-hydrogen) atoms. The molecule has 1 heterocycles. The average molecular weight is 432 g/mol. The molecule has 156 valence electrons. The van der Waals surface area contributed by atoms with E-state index in [4.69, 9.17) is 4.74 Å². The number of carboxylic acid groups (broad SMARTS) is 1. The number of amides is 2. The van der Waals surface area contributed by atoms with Gasteiger partial charge in [0.2, 0.25) is 0 Å². The Morgan fingerprint density at radius 1 is 1.06 bits per heavy atom. The molecule has 0 radical (unpaired) electrons. The number of nitrogens with zero attached hydrogens (tertiary/aromatic N) is 1. The number of benzene rings is 3. The van der Waals surface area contributed by atoms with Gasteiger partial charge in [0.1, 0.15) is 12.4 Å². The number of hydrogen-bond acceptors (Lipinski definition) is 6. The molecule has 3 aromatic rings. The fourth-order valence-electron chi connectivity index (χ4n) is 3.35. The Bertz CT molecular complexity index is 1220. The molecule has 0 saturated carbocycles. The molecule has 0 bridgehead atoms. The van der Waals surface area contributed by atoms with Crippen LogP contribution in [-0.2, 0) is 11.4 Å². The third-order valence-corrected chi connectivity index (χ3v) is 5.89. The van der Waals surface area contributed by atoms with Crippen molar-refractivity contribution in [2.24, 2.45) is 0 Å². The first-order valence-electron chi connectivity index (χ1n) is 9.68. The maximum Gasteiger partial charge on any atom is 0.293 e. The molecular formula is C24H18NO5S-. The minimum Gasteiger partial charge on any atom is -0.545 e. The standard InChI is InChI=1S/C24H19NO5S/c1-2-25-22(26)21(31-24(25)29)13-19-18-6-4-3-5-16(18)11-12-20(19)30-14-15-7-9-17(10-8-15)23(27)28/h3-13H,2,14H2,1H3,(H,27,28)/p-1/b21-13+. The molecular weight excluding hydrogens is 414 g/mol. The lowest BCUT2D eigenvalue weighted by molar-refractivity contribution is -0.255. The number of hydrogen-bond donors (Lipinski definition) is 0. The number of carbonyl (C=O) groups is 3. The van der Waals surface area contributed by atoms with Crippen molar-refractivity contribution in [3.8, 4) is 5.75 Å². The summed E-state index contributed by atoms with van der Waals surface area (Å²) in [6.07, 6.45) is 1.71. The first-order valence-corrected chi connectivity index (χ1v) is 10.5. The summed E-state index contributed by atoms with van der Waals surface area (Å²) in [5.41, 5.74) is 1.60. The third-order valence-electron chi connectivity index (χ3n) is 4.98. The number of likely N-dealkylation sites (N-methyl/N-ethyl adjacent to an activating group) is 1. The zero-order chi connectivity index (χ0) is 22.0. The summed E-state index contributed by atoms with van der Waals surface area (Å²) in [5.74, 6) is -0.981. The van der Waals surface area contributed by atoms with Crippen LogP contribution in [0, 0.1) is 0 Å². The molecule has 2 amide bonds. The van der Waals surface area contributed by atoms with Crippen LogP contribution in [0.25, 0.3) is 16.8 Å².